The smallest absolute Gasteiger partial charge is 0.251 e. The molecule has 0 radical (unpaired) electrons. The van der Waals surface area contributed by atoms with E-state index in [1.54, 1.807) is 20.2 Å². The lowest BCUT2D eigenvalue weighted by molar-refractivity contribution is -0.140. The number of hydrogen-bond donors (Lipinski definition) is 1. The monoisotopic (exact) mass is 294 g/mol. The van der Waals surface area contributed by atoms with Crippen LogP contribution in [-0.2, 0) is 9.53 Å². The van der Waals surface area contributed by atoms with Crippen molar-refractivity contribution in [1.82, 2.24) is 10.2 Å². The molecule has 0 aliphatic carbocycles. The molecule has 1 N–H and O–H groups in total. The molecule has 1 saturated heterocycles. The van der Waals surface area contributed by atoms with Crippen molar-refractivity contribution in [3.05, 3.63) is 35.6 Å². The van der Waals surface area contributed by atoms with E-state index in [4.69, 9.17) is 4.74 Å². The van der Waals surface area contributed by atoms with Gasteiger partial charge in [-0.2, -0.15) is 0 Å². The maximum atomic E-state index is 13.0. The zero-order valence-electron chi connectivity index (χ0n) is 12.1. The van der Waals surface area contributed by atoms with Crippen molar-refractivity contribution in [1.29, 1.82) is 0 Å². The number of carbonyl (C=O) groups is 2. The molecule has 0 spiro atoms. The van der Waals surface area contributed by atoms with Gasteiger partial charge in [0.15, 0.2) is 0 Å². The molecule has 1 fully saturated rings. The summed E-state index contributed by atoms with van der Waals surface area (Å²) in [4.78, 5) is 25.1. The van der Waals surface area contributed by atoms with Gasteiger partial charge in [0.2, 0.25) is 0 Å². The second kappa shape index (κ2) is 6.67. The van der Waals surface area contributed by atoms with Crippen LogP contribution in [0.1, 0.15) is 23.2 Å². The summed E-state index contributed by atoms with van der Waals surface area (Å²) in [6, 6.07) is 5.51. The van der Waals surface area contributed by atoms with Crippen LogP contribution in [0.3, 0.4) is 0 Å². The van der Waals surface area contributed by atoms with E-state index in [2.05, 4.69) is 5.32 Å². The van der Waals surface area contributed by atoms with Gasteiger partial charge < -0.3 is 15.0 Å². The van der Waals surface area contributed by atoms with E-state index in [0.717, 1.165) is 0 Å². The zero-order chi connectivity index (χ0) is 15.4. The van der Waals surface area contributed by atoms with Gasteiger partial charge in [-0.3, -0.25) is 9.59 Å². The summed E-state index contributed by atoms with van der Waals surface area (Å²) >= 11 is 0. The highest BCUT2D eigenvalue weighted by Gasteiger charge is 2.31. The number of nitrogens with one attached hydrogen (secondary N) is 1. The Morgan fingerprint density at radius 1 is 1.38 bits per heavy atom. The van der Waals surface area contributed by atoms with Crippen LogP contribution in [0, 0.1) is 5.82 Å². The molecular formula is C15H19FN2O3. The Morgan fingerprint density at radius 3 is 2.81 bits per heavy atom. The van der Waals surface area contributed by atoms with Crippen LogP contribution in [0.5, 0.6) is 0 Å². The summed E-state index contributed by atoms with van der Waals surface area (Å²) in [6.07, 6.45) is 0.748. The molecule has 21 heavy (non-hydrogen) atoms. The lowest BCUT2D eigenvalue weighted by Crippen LogP contribution is -2.36. The molecule has 1 heterocycles. The number of rotatable bonds is 4. The Balaban J connectivity index is 1.82. The number of amides is 2. The number of nitrogens with zero attached hydrogens (tertiary/aromatic N) is 1. The minimum absolute atomic E-state index is 0.0612. The summed E-state index contributed by atoms with van der Waals surface area (Å²) < 4.78 is 18.7. The fourth-order valence-corrected chi connectivity index (χ4v) is 2.26. The second-order valence-electron chi connectivity index (χ2n) is 5.28. The highest BCUT2D eigenvalue weighted by molar-refractivity contribution is 5.94. The molecule has 2 rings (SSSR count). The van der Waals surface area contributed by atoms with E-state index in [9.17, 15) is 14.0 Å². The Morgan fingerprint density at radius 2 is 2.14 bits per heavy atom. The first-order chi connectivity index (χ1) is 9.97. The van der Waals surface area contributed by atoms with Gasteiger partial charge in [0.25, 0.3) is 11.8 Å². The van der Waals surface area contributed by atoms with Crippen LogP contribution in [-0.4, -0.2) is 49.6 Å². The molecule has 0 aromatic heterocycles. The maximum Gasteiger partial charge on any atom is 0.251 e. The number of halogens is 1. The summed E-state index contributed by atoms with van der Waals surface area (Å²) in [6.45, 7) is 0.312. The van der Waals surface area contributed by atoms with Gasteiger partial charge in [-0.25, -0.2) is 4.39 Å². The summed E-state index contributed by atoms with van der Waals surface area (Å²) in [7, 11) is 3.37. The van der Waals surface area contributed by atoms with Crippen molar-refractivity contribution in [3.8, 4) is 0 Å². The van der Waals surface area contributed by atoms with E-state index in [1.807, 2.05) is 0 Å². The summed E-state index contributed by atoms with van der Waals surface area (Å²) in [5, 5.41) is 2.70. The normalized spacial score (nSPS) is 21.1. The first-order valence-corrected chi connectivity index (χ1v) is 6.88. The van der Waals surface area contributed by atoms with Crippen molar-refractivity contribution in [2.75, 3.05) is 20.6 Å². The topological polar surface area (TPSA) is 58.6 Å². The van der Waals surface area contributed by atoms with Crippen LogP contribution < -0.4 is 5.32 Å². The molecule has 0 unspecified atom stereocenters. The Bertz CT molecular complexity index is 533. The molecule has 1 aliphatic heterocycles. The van der Waals surface area contributed by atoms with Gasteiger partial charge >= 0.3 is 0 Å². The quantitative estimate of drug-likeness (QED) is 0.907. The molecular weight excluding hydrogens is 275 g/mol. The SMILES string of the molecule is CN(C)C(=O)[C@@H]1CC[C@@H](CNC(=O)c2cccc(F)c2)O1. The van der Waals surface area contributed by atoms with Crippen molar-refractivity contribution in [2.45, 2.75) is 25.0 Å². The van der Waals surface area contributed by atoms with E-state index in [1.165, 1.54) is 23.1 Å². The molecule has 1 aromatic rings. The molecule has 2 atom stereocenters. The minimum Gasteiger partial charge on any atom is -0.363 e. The standard InChI is InChI=1S/C15H19FN2O3/c1-18(2)15(20)13-7-6-12(21-13)9-17-14(19)10-4-3-5-11(16)8-10/h3-5,8,12-13H,6-7,9H2,1-2H3,(H,17,19)/t12-,13-/m0/s1. The van der Waals surface area contributed by atoms with E-state index in [-0.39, 0.29) is 23.5 Å². The van der Waals surface area contributed by atoms with Crippen LogP contribution in [0.25, 0.3) is 0 Å². The van der Waals surface area contributed by atoms with E-state index >= 15 is 0 Å². The van der Waals surface area contributed by atoms with Gasteiger partial charge in [-0.1, -0.05) is 6.07 Å². The van der Waals surface area contributed by atoms with Crippen LogP contribution in [0.2, 0.25) is 0 Å². The third kappa shape index (κ3) is 4.01. The predicted octanol–water partition coefficient (Wildman–Crippen LogP) is 1.19. The van der Waals surface area contributed by atoms with Crippen molar-refractivity contribution >= 4 is 11.8 Å². The molecule has 114 valence electrons. The highest BCUT2D eigenvalue weighted by atomic mass is 19.1. The fourth-order valence-electron chi connectivity index (χ4n) is 2.26. The van der Waals surface area contributed by atoms with Gasteiger partial charge in [0.1, 0.15) is 11.9 Å². The molecule has 0 bridgehead atoms. The third-order valence-corrected chi connectivity index (χ3v) is 3.40. The fraction of sp³-hybridized carbons (Fsp3) is 0.467. The average Bonchev–Trinajstić information content (AvgIpc) is 2.92. The van der Waals surface area contributed by atoms with Gasteiger partial charge in [-0.05, 0) is 31.0 Å². The third-order valence-electron chi connectivity index (χ3n) is 3.40. The number of likely N-dealkylation sites (N-methyl/N-ethyl adjacent to an activating group) is 1. The van der Waals surface area contributed by atoms with Crippen molar-refractivity contribution in [3.63, 3.8) is 0 Å². The van der Waals surface area contributed by atoms with Crippen LogP contribution in [0.4, 0.5) is 4.39 Å². The average molecular weight is 294 g/mol. The number of benzene rings is 1. The molecule has 6 heteroatoms. The van der Waals surface area contributed by atoms with Crippen LogP contribution >= 0.6 is 0 Å². The van der Waals surface area contributed by atoms with E-state index in [0.29, 0.717) is 19.4 Å². The Hall–Kier alpha value is -1.95. The largest absolute Gasteiger partial charge is 0.363 e. The first-order valence-electron chi connectivity index (χ1n) is 6.88. The van der Waals surface area contributed by atoms with Gasteiger partial charge in [0, 0.05) is 26.2 Å². The molecule has 5 nitrogen and oxygen atoms in total. The lowest BCUT2D eigenvalue weighted by Gasteiger charge is -2.17. The predicted molar refractivity (Wildman–Crippen MR) is 75.3 cm³/mol. The van der Waals surface area contributed by atoms with Crippen molar-refractivity contribution in [2.24, 2.45) is 0 Å². The molecule has 1 aromatic carbocycles. The Labute approximate surface area is 123 Å². The number of carbonyl (C=O) groups excluding carboxylic acids is 2. The maximum absolute atomic E-state index is 13.0. The summed E-state index contributed by atoms with van der Waals surface area (Å²) in [5.74, 6) is -0.856. The number of hydrogen-bond acceptors (Lipinski definition) is 3. The second-order valence-corrected chi connectivity index (χ2v) is 5.28. The molecule has 2 amide bonds. The van der Waals surface area contributed by atoms with Gasteiger partial charge in [-0.15, -0.1) is 0 Å². The molecule has 1 aliphatic rings. The van der Waals surface area contributed by atoms with Crippen molar-refractivity contribution < 1.29 is 18.7 Å². The van der Waals surface area contributed by atoms with Gasteiger partial charge in [0.05, 0.1) is 6.10 Å². The number of ether oxygens (including phenoxy) is 1. The first kappa shape index (κ1) is 15.4. The van der Waals surface area contributed by atoms with Crippen LogP contribution in [0.15, 0.2) is 24.3 Å². The van der Waals surface area contributed by atoms with E-state index < -0.39 is 11.9 Å². The lowest BCUT2D eigenvalue weighted by atomic mass is 10.1. The molecule has 0 saturated carbocycles. The highest BCUT2D eigenvalue weighted by Crippen LogP contribution is 2.20. The zero-order valence-corrected chi connectivity index (χ0v) is 12.1. The minimum atomic E-state index is -0.448. The summed E-state index contributed by atoms with van der Waals surface area (Å²) in [5.41, 5.74) is 0.272. The Kier molecular flexibility index (Phi) is 4.90.